The highest BCUT2D eigenvalue weighted by molar-refractivity contribution is 5.98. The molecule has 0 spiro atoms. The summed E-state index contributed by atoms with van der Waals surface area (Å²) in [6, 6.07) is 14.9. The Labute approximate surface area is 194 Å². The number of methoxy groups -OCH3 is 3. The normalized spacial score (nSPS) is 13.6. The minimum absolute atomic E-state index is 0.344. The first kappa shape index (κ1) is 23.9. The fourth-order valence-corrected chi connectivity index (χ4v) is 3.66. The van der Waals surface area contributed by atoms with Crippen LogP contribution >= 0.6 is 0 Å². The number of hydrogen-bond acceptors (Lipinski definition) is 7. The van der Waals surface area contributed by atoms with Gasteiger partial charge < -0.3 is 23.8 Å². The molecule has 0 aromatic heterocycles. The summed E-state index contributed by atoms with van der Waals surface area (Å²) in [5.41, 5.74) is 2.43. The van der Waals surface area contributed by atoms with Crippen molar-refractivity contribution in [3.63, 3.8) is 0 Å². The zero-order chi connectivity index (χ0) is 23.8. The third kappa shape index (κ3) is 5.74. The highest BCUT2D eigenvalue weighted by Crippen LogP contribution is 2.38. The van der Waals surface area contributed by atoms with Gasteiger partial charge >= 0.3 is 11.9 Å². The number of carbonyl (C=O) groups excluding carboxylic acids is 2. The van der Waals surface area contributed by atoms with Crippen molar-refractivity contribution in [2.75, 3.05) is 27.9 Å². The zero-order valence-corrected chi connectivity index (χ0v) is 19.4. The van der Waals surface area contributed by atoms with Gasteiger partial charge in [-0.15, -0.1) is 0 Å². The first-order chi connectivity index (χ1) is 16.0. The quantitative estimate of drug-likeness (QED) is 0.529. The van der Waals surface area contributed by atoms with Crippen LogP contribution in [0.5, 0.6) is 11.5 Å². The predicted octanol–water partition coefficient (Wildman–Crippen LogP) is 4.20. The second-order valence-corrected chi connectivity index (χ2v) is 7.52. The summed E-state index contributed by atoms with van der Waals surface area (Å²) < 4.78 is 21.0. The summed E-state index contributed by atoms with van der Waals surface area (Å²) >= 11 is 0. The molecule has 0 bridgehead atoms. The largest absolute Gasteiger partial charge is 0.497 e. The molecule has 0 N–H and O–H groups in total. The molecule has 33 heavy (non-hydrogen) atoms. The number of benzene rings is 2. The van der Waals surface area contributed by atoms with E-state index in [1.54, 1.807) is 24.4 Å². The molecule has 2 aromatic rings. The van der Waals surface area contributed by atoms with Gasteiger partial charge in [0.2, 0.25) is 0 Å². The lowest BCUT2D eigenvalue weighted by Crippen LogP contribution is -2.28. The van der Waals surface area contributed by atoms with E-state index in [4.69, 9.17) is 18.9 Å². The molecule has 0 atom stereocenters. The van der Waals surface area contributed by atoms with E-state index in [0.29, 0.717) is 24.3 Å². The Morgan fingerprint density at radius 1 is 0.818 bits per heavy atom. The van der Waals surface area contributed by atoms with E-state index in [-0.39, 0.29) is 0 Å². The van der Waals surface area contributed by atoms with E-state index < -0.39 is 17.9 Å². The Balaban J connectivity index is 1.98. The first-order valence-electron chi connectivity index (χ1n) is 10.7. The van der Waals surface area contributed by atoms with Crippen LogP contribution in [0.15, 0.2) is 72.1 Å². The number of hydrogen-bond donors (Lipinski definition) is 0. The molecule has 7 heteroatoms. The standard InChI is InChI=1S/C26H29NO6/c1-5-14-33-21-12-8-19(9-13-21)24-22(25(28)31-3)16-27(17-23(24)26(29)32-4)15-18-6-10-20(30-2)11-7-18/h6-13,16-17,24H,5,14-15H2,1-4H3. The van der Waals surface area contributed by atoms with Gasteiger partial charge in [-0.1, -0.05) is 31.2 Å². The van der Waals surface area contributed by atoms with Crippen LogP contribution in [0, 0.1) is 0 Å². The topological polar surface area (TPSA) is 74.3 Å². The maximum atomic E-state index is 12.8. The Morgan fingerprint density at radius 3 is 1.85 bits per heavy atom. The maximum Gasteiger partial charge on any atom is 0.336 e. The van der Waals surface area contributed by atoms with Crippen molar-refractivity contribution in [3.8, 4) is 11.5 Å². The van der Waals surface area contributed by atoms with Gasteiger partial charge in [0.15, 0.2) is 0 Å². The second kappa shape index (κ2) is 11.2. The monoisotopic (exact) mass is 451 g/mol. The van der Waals surface area contributed by atoms with Gasteiger partial charge in [0.1, 0.15) is 11.5 Å². The van der Waals surface area contributed by atoms with Crippen molar-refractivity contribution in [3.05, 3.63) is 83.2 Å². The summed E-state index contributed by atoms with van der Waals surface area (Å²) in [4.78, 5) is 27.3. The van der Waals surface area contributed by atoms with E-state index in [0.717, 1.165) is 29.0 Å². The molecule has 0 aliphatic carbocycles. The Kier molecular flexibility index (Phi) is 8.13. The molecule has 3 rings (SSSR count). The molecular formula is C26H29NO6. The van der Waals surface area contributed by atoms with Crippen LogP contribution in [0.1, 0.15) is 30.4 Å². The van der Waals surface area contributed by atoms with Gasteiger partial charge in [-0.25, -0.2) is 9.59 Å². The van der Waals surface area contributed by atoms with Crippen LogP contribution in [0.2, 0.25) is 0 Å². The van der Waals surface area contributed by atoms with E-state index in [1.165, 1.54) is 14.2 Å². The predicted molar refractivity (Wildman–Crippen MR) is 124 cm³/mol. The Morgan fingerprint density at radius 2 is 1.36 bits per heavy atom. The van der Waals surface area contributed by atoms with E-state index in [1.807, 2.05) is 55.5 Å². The van der Waals surface area contributed by atoms with Crippen molar-refractivity contribution < 1.29 is 28.5 Å². The SMILES string of the molecule is CCCOc1ccc(C2C(C(=O)OC)=CN(Cc3ccc(OC)cc3)C=C2C(=O)OC)cc1. The minimum atomic E-state index is -0.628. The number of rotatable bonds is 9. The molecule has 0 saturated carbocycles. The molecule has 2 aromatic carbocycles. The first-order valence-corrected chi connectivity index (χ1v) is 10.7. The van der Waals surface area contributed by atoms with Crippen LogP contribution in [-0.4, -0.2) is 44.8 Å². The number of nitrogens with zero attached hydrogens (tertiary/aromatic N) is 1. The lowest BCUT2D eigenvalue weighted by Gasteiger charge is -2.30. The van der Waals surface area contributed by atoms with Gasteiger partial charge in [-0.3, -0.25) is 0 Å². The van der Waals surface area contributed by atoms with Crippen LogP contribution in [0.3, 0.4) is 0 Å². The molecule has 1 heterocycles. The van der Waals surface area contributed by atoms with Gasteiger partial charge in [0.25, 0.3) is 0 Å². The third-order valence-corrected chi connectivity index (χ3v) is 5.28. The van der Waals surface area contributed by atoms with Gasteiger partial charge in [-0.2, -0.15) is 0 Å². The molecule has 7 nitrogen and oxygen atoms in total. The lowest BCUT2D eigenvalue weighted by atomic mass is 9.83. The lowest BCUT2D eigenvalue weighted by molar-refractivity contribution is -0.137. The highest BCUT2D eigenvalue weighted by atomic mass is 16.5. The van der Waals surface area contributed by atoms with Crippen molar-refractivity contribution in [1.82, 2.24) is 4.90 Å². The average molecular weight is 452 g/mol. The summed E-state index contributed by atoms with van der Waals surface area (Å²) in [6.07, 6.45) is 4.34. The molecule has 1 aliphatic heterocycles. The Bertz CT molecular complexity index is 990. The van der Waals surface area contributed by atoms with Crippen molar-refractivity contribution in [1.29, 1.82) is 0 Å². The van der Waals surface area contributed by atoms with Crippen LogP contribution in [0.25, 0.3) is 0 Å². The maximum absolute atomic E-state index is 12.8. The molecule has 0 saturated heterocycles. The molecule has 0 radical (unpaired) electrons. The summed E-state index contributed by atoms with van der Waals surface area (Å²) in [5, 5.41) is 0. The third-order valence-electron chi connectivity index (χ3n) is 5.28. The zero-order valence-electron chi connectivity index (χ0n) is 19.4. The van der Waals surface area contributed by atoms with Crippen LogP contribution in [-0.2, 0) is 25.6 Å². The number of carbonyl (C=O) groups is 2. The second-order valence-electron chi connectivity index (χ2n) is 7.52. The molecule has 1 aliphatic rings. The van der Waals surface area contributed by atoms with Gasteiger partial charge in [-0.05, 0) is 41.8 Å². The number of ether oxygens (including phenoxy) is 4. The molecule has 0 fully saturated rings. The molecule has 0 unspecified atom stereocenters. The van der Waals surface area contributed by atoms with Crippen LogP contribution in [0.4, 0.5) is 0 Å². The molecular weight excluding hydrogens is 422 g/mol. The fraction of sp³-hybridized carbons (Fsp3) is 0.308. The minimum Gasteiger partial charge on any atom is -0.497 e. The molecule has 0 amide bonds. The van der Waals surface area contributed by atoms with Gasteiger partial charge in [0, 0.05) is 18.9 Å². The van der Waals surface area contributed by atoms with E-state index >= 15 is 0 Å². The fourth-order valence-electron chi connectivity index (χ4n) is 3.66. The summed E-state index contributed by atoms with van der Waals surface area (Å²) in [7, 11) is 4.26. The van der Waals surface area contributed by atoms with Gasteiger partial charge in [0.05, 0.1) is 45.0 Å². The number of esters is 2. The average Bonchev–Trinajstić information content (AvgIpc) is 2.86. The van der Waals surface area contributed by atoms with Crippen molar-refractivity contribution >= 4 is 11.9 Å². The van der Waals surface area contributed by atoms with Crippen molar-refractivity contribution in [2.45, 2.75) is 25.8 Å². The summed E-state index contributed by atoms with van der Waals surface area (Å²) in [5.74, 6) is -0.177. The highest BCUT2D eigenvalue weighted by Gasteiger charge is 2.35. The van der Waals surface area contributed by atoms with Crippen LogP contribution < -0.4 is 9.47 Å². The smallest absolute Gasteiger partial charge is 0.336 e. The molecule has 174 valence electrons. The van der Waals surface area contributed by atoms with Crippen molar-refractivity contribution in [2.24, 2.45) is 0 Å². The van der Waals surface area contributed by atoms with E-state index in [9.17, 15) is 9.59 Å². The van der Waals surface area contributed by atoms with E-state index in [2.05, 4.69) is 0 Å². The Hall–Kier alpha value is -3.74. The summed E-state index contributed by atoms with van der Waals surface area (Å²) in [6.45, 7) is 3.10.